The van der Waals surface area contributed by atoms with E-state index in [4.69, 9.17) is 0 Å². The summed E-state index contributed by atoms with van der Waals surface area (Å²) in [5.74, 6) is 0.248. The van der Waals surface area contributed by atoms with Crippen LogP contribution in [0.3, 0.4) is 0 Å². The lowest BCUT2D eigenvalue weighted by molar-refractivity contribution is 0.575. The Morgan fingerprint density at radius 2 is 1.67 bits per heavy atom. The zero-order valence-corrected chi connectivity index (χ0v) is 12.9. The van der Waals surface area contributed by atoms with Crippen LogP contribution in [0.4, 0.5) is 4.39 Å². The van der Waals surface area contributed by atoms with Crippen LogP contribution < -0.4 is 5.32 Å². The summed E-state index contributed by atoms with van der Waals surface area (Å²) in [4.78, 5) is 0. The molecule has 0 aromatic heterocycles. The van der Waals surface area contributed by atoms with Crippen LogP contribution in [0.15, 0.2) is 48.5 Å². The summed E-state index contributed by atoms with van der Waals surface area (Å²) in [6.07, 6.45) is 2.07. The number of hydrogen-bond acceptors (Lipinski definition) is 1. The molecule has 21 heavy (non-hydrogen) atoms. The average molecular weight is 285 g/mol. The maximum Gasteiger partial charge on any atom is 0.123 e. The van der Waals surface area contributed by atoms with Crippen LogP contribution in [0.25, 0.3) is 0 Å². The van der Waals surface area contributed by atoms with Crippen molar-refractivity contribution in [3.8, 4) is 0 Å². The molecule has 0 bridgehead atoms. The molecule has 0 amide bonds. The lowest BCUT2D eigenvalue weighted by Crippen LogP contribution is -2.23. The van der Waals surface area contributed by atoms with Crippen LogP contribution in [0.5, 0.6) is 0 Å². The normalized spacial score (nSPS) is 12.3. The van der Waals surface area contributed by atoms with E-state index in [0.29, 0.717) is 5.92 Å². The fraction of sp³-hybridized carbons (Fsp3) is 0.368. The van der Waals surface area contributed by atoms with Crippen molar-refractivity contribution in [2.75, 3.05) is 13.1 Å². The van der Waals surface area contributed by atoms with Crippen LogP contribution in [-0.4, -0.2) is 13.1 Å². The third-order valence-electron chi connectivity index (χ3n) is 3.76. The van der Waals surface area contributed by atoms with Gasteiger partial charge in [-0.1, -0.05) is 48.9 Å². The number of benzene rings is 2. The molecule has 0 aliphatic rings. The van der Waals surface area contributed by atoms with Crippen molar-refractivity contribution in [1.29, 1.82) is 0 Å². The van der Waals surface area contributed by atoms with Crippen LogP contribution in [0.2, 0.25) is 0 Å². The summed E-state index contributed by atoms with van der Waals surface area (Å²) in [7, 11) is 0. The predicted octanol–water partition coefficient (Wildman–Crippen LogP) is 4.46. The monoisotopic (exact) mass is 285 g/mol. The molecule has 0 saturated carbocycles. The number of aryl methyl sites for hydroxylation is 1. The fourth-order valence-electron chi connectivity index (χ4n) is 2.50. The first kappa shape index (κ1) is 15.7. The van der Waals surface area contributed by atoms with Gasteiger partial charge < -0.3 is 5.32 Å². The van der Waals surface area contributed by atoms with E-state index in [-0.39, 0.29) is 5.82 Å². The van der Waals surface area contributed by atoms with Gasteiger partial charge in [-0.15, -0.1) is 0 Å². The topological polar surface area (TPSA) is 12.0 Å². The summed E-state index contributed by atoms with van der Waals surface area (Å²) in [6.45, 7) is 6.27. The first-order chi connectivity index (χ1) is 10.2. The minimum atomic E-state index is -0.172. The molecule has 0 aliphatic carbocycles. The third-order valence-corrected chi connectivity index (χ3v) is 3.76. The Labute approximate surface area is 127 Å². The van der Waals surface area contributed by atoms with Crippen molar-refractivity contribution in [2.24, 2.45) is 0 Å². The SMILES string of the molecule is CCCNCC(Cc1ccc(F)cc1)c1ccc(C)cc1. The van der Waals surface area contributed by atoms with Crippen molar-refractivity contribution in [3.63, 3.8) is 0 Å². The molecule has 0 heterocycles. The van der Waals surface area contributed by atoms with Gasteiger partial charge in [-0.05, 0) is 49.6 Å². The molecule has 1 nitrogen and oxygen atoms in total. The van der Waals surface area contributed by atoms with E-state index >= 15 is 0 Å². The van der Waals surface area contributed by atoms with Gasteiger partial charge >= 0.3 is 0 Å². The quantitative estimate of drug-likeness (QED) is 0.741. The van der Waals surface area contributed by atoms with Crippen LogP contribution in [-0.2, 0) is 6.42 Å². The van der Waals surface area contributed by atoms with E-state index < -0.39 is 0 Å². The maximum atomic E-state index is 13.0. The molecule has 2 heteroatoms. The molecule has 1 N–H and O–H groups in total. The standard InChI is InChI=1S/C19H24FN/c1-3-12-21-14-18(17-8-4-15(2)5-9-17)13-16-6-10-19(20)11-7-16/h4-11,18,21H,3,12-14H2,1-2H3. The van der Waals surface area contributed by atoms with Crippen molar-refractivity contribution in [1.82, 2.24) is 5.32 Å². The summed E-state index contributed by atoms with van der Waals surface area (Å²) in [5, 5.41) is 3.51. The van der Waals surface area contributed by atoms with Crippen LogP contribution in [0, 0.1) is 12.7 Å². The molecule has 0 fully saturated rings. The smallest absolute Gasteiger partial charge is 0.123 e. The first-order valence-corrected chi connectivity index (χ1v) is 7.70. The van der Waals surface area contributed by atoms with Crippen molar-refractivity contribution >= 4 is 0 Å². The highest BCUT2D eigenvalue weighted by Crippen LogP contribution is 2.21. The third kappa shape index (κ3) is 4.98. The number of rotatable bonds is 7. The molecular formula is C19H24FN. The minimum absolute atomic E-state index is 0.172. The second kappa shape index (κ2) is 7.94. The van der Waals surface area contributed by atoms with Gasteiger partial charge in [0.1, 0.15) is 5.82 Å². The average Bonchev–Trinajstić information content (AvgIpc) is 2.49. The van der Waals surface area contributed by atoms with Crippen LogP contribution in [0.1, 0.15) is 36.0 Å². The maximum absolute atomic E-state index is 13.0. The summed E-state index contributed by atoms with van der Waals surface area (Å²) in [5.41, 5.74) is 3.80. The van der Waals surface area contributed by atoms with Gasteiger partial charge in [-0.2, -0.15) is 0 Å². The Morgan fingerprint density at radius 3 is 2.29 bits per heavy atom. The van der Waals surface area contributed by atoms with Gasteiger partial charge in [0, 0.05) is 12.5 Å². The molecule has 0 saturated heterocycles. The first-order valence-electron chi connectivity index (χ1n) is 7.70. The molecule has 0 radical (unpaired) electrons. The molecule has 2 aromatic rings. The van der Waals surface area contributed by atoms with Crippen molar-refractivity contribution in [2.45, 2.75) is 32.6 Å². The van der Waals surface area contributed by atoms with Crippen LogP contribution >= 0.6 is 0 Å². The predicted molar refractivity (Wildman–Crippen MR) is 87.2 cm³/mol. The lowest BCUT2D eigenvalue weighted by atomic mass is 9.91. The highest BCUT2D eigenvalue weighted by molar-refractivity contribution is 5.27. The lowest BCUT2D eigenvalue weighted by Gasteiger charge is -2.18. The number of hydrogen-bond donors (Lipinski definition) is 1. The summed E-state index contributed by atoms with van der Waals surface area (Å²) < 4.78 is 13.0. The van der Waals surface area contributed by atoms with Gasteiger partial charge in [-0.3, -0.25) is 0 Å². The van der Waals surface area contributed by atoms with Gasteiger partial charge in [0.15, 0.2) is 0 Å². The minimum Gasteiger partial charge on any atom is -0.316 e. The highest BCUT2D eigenvalue weighted by atomic mass is 19.1. The molecule has 0 aliphatic heterocycles. The van der Waals surface area contributed by atoms with Gasteiger partial charge in [0.25, 0.3) is 0 Å². The van der Waals surface area contributed by atoms with E-state index in [9.17, 15) is 4.39 Å². The molecule has 1 unspecified atom stereocenters. The highest BCUT2D eigenvalue weighted by Gasteiger charge is 2.12. The molecule has 1 atom stereocenters. The number of nitrogens with one attached hydrogen (secondary N) is 1. The molecule has 112 valence electrons. The Kier molecular flexibility index (Phi) is 5.94. The molecule has 2 rings (SSSR count). The summed E-state index contributed by atoms with van der Waals surface area (Å²) in [6, 6.07) is 15.6. The largest absolute Gasteiger partial charge is 0.316 e. The zero-order valence-electron chi connectivity index (χ0n) is 12.9. The van der Waals surface area contributed by atoms with Gasteiger partial charge in [0.2, 0.25) is 0 Å². The van der Waals surface area contributed by atoms with E-state index in [0.717, 1.165) is 25.9 Å². The Bertz CT molecular complexity index is 530. The zero-order chi connectivity index (χ0) is 15.1. The second-order valence-electron chi connectivity index (χ2n) is 5.64. The Hall–Kier alpha value is -1.67. The van der Waals surface area contributed by atoms with E-state index in [2.05, 4.69) is 43.4 Å². The van der Waals surface area contributed by atoms with Gasteiger partial charge in [0.05, 0.1) is 0 Å². The number of halogens is 1. The van der Waals surface area contributed by atoms with Gasteiger partial charge in [-0.25, -0.2) is 4.39 Å². The Morgan fingerprint density at radius 1 is 1.00 bits per heavy atom. The van der Waals surface area contributed by atoms with Crippen molar-refractivity contribution in [3.05, 3.63) is 71.0 Å². The second-order valence-corrected chi connectivity index (χ2v) is 5.64. The fourth-order valence-corrected chi connectivity index (χ4v) is 2.50. The molecule has 0 spiro atoms. The molecule has 2 aromatic carbocycles. The van der Waals surface area contributed by atoms with E-state index in [1.165, 1.54) is 16.7 Å². The van der Waals surface area contributed by atoms with E-state index in [1.807, 2.05) is 12.1 Å². The van der Waals surface area contributed by atoms with Crippen molar-refractivity contribution < 1.29 is 4.39 Å². The Balaban J connectivity index is 2.11. The van der Waals surface area contributed by atoms with E-state index in [1.54, 1.807) is 12.1 Å². The summed E-state index contributed by atoms with van der Waals surface area (Å²) >= 11 is 0. The molecular weight excluding hydrogens is 261 g/mol.